The summed E-state index contributed by atoms with van der Waals surface area (Å²) in [6.07, 6.45) is 1.14. The summed E-state index contributed by atoms with van der Waals surface area (Å²) in [5.41, 5.74) is 9.62. The summed E-state index contributed by atoms with van der Waals surface area (Å²) >= 11 is 0. The molecule has 2 aromatic carbocycles. The highest BCUT2D eigenvalue weighted by Gasteiger charge is 2.12. The van der Waals surface area contributed by atoms with Crippen LogP contribution in [-0.4, -0.2) is 22.2 Å². The smallest absolute Gasteiger partial charge is 0.320 e. The molecule has 1 atom stereocenters. The zero-order chi connectivity index (χ0) is 15.4. The fourth-order valence-corrected chi connectivity index (χ4v) is 2.32. The molecule has 0 radical (unpaired) electrons. The Hall–Kier alpha value is -2.33. The third-order valence-electron chi connectivity index (χ3n) is 3.51. The lowest BCUT2D eigenvalue weighted by Crippen LogP contribution is -2.32. The maximum absolute atomic E-state index is 10.8. The van der Waals surface area contributed by atoms with Crippen molar-refractivity contribution >= 4 is 5.97 Å². The third-order valence-corrected chi connectivity index (χ3v) is 3.51. The zero-order valence-corrected chi connectivity index (χ0v) is 11.9. The van der Waals surface area contributed by atoms with E-state index >= 15 is 0 Å². The van der Waals surface area contributed by atoms with Gasteiger partial charge in [0.15, 0.2) is 0 Å². The third kappa shape index (κ3) is 3.61. The monoisotopic (exact) mass is 285 g/mol. The number of rotatable bonds is 5. The molecule has 0 spiro atoms. The molecule has 1 unspecified atom stereocenters. The van der Waals surface area contributed by atoms with E-state index < -0.39 is 12.0 Å². The van der Waals surface area contributed by atoms with Crippen molar-refractivity contribution in [2.24, 2.45) is 5.73 Å². The molecule has 21 heavy (non-hydrogen) atoms. The number of nitrogens with two attached hydrogens (primary N) is 1. The van der Waals surface area contributed by atoms with Crippen LogP contribution in [0, 0.1) is 0 Å². The summed E-state index contributed by atoms with van der Waals surface area (Å²) in [6.45, 7) is 2.04. The topological polar surface area (TPSA) is 83.5 Å². The first-order valence-corrected chi connectivity index (χ1v) is 6.91. The van der Waals surface area contributed by atoms with E-state index in [4.69, 9.17) is 10.8 Å². The first-order valence-electron chi connectivity index (χ1n) is 6.91. The maximum Gasteiger partial charge on any atom is 0.320 e. The van der Waals surface area contributed by atoms with E-state index in [0.29, 0.717) is 6.42 Å². The Morgan fingerprint density at radius 1 is 1.19 bits per heavy atom. The van der Waals surface area contributed by atoms with E-state index in [-0.39, 0.29) is 5.75 Å². The van der Waals surface area contributed by atoms with Gasteiger partial charge in [0.1, 0.15) is 11.8 Å². The van der Waals surface area contributed by atoms with Gasteiger partial charge in [-0.3, -0.25) is 4.79 Å². The van der Waals surface area contributed by atoms with Crippen LogP contribution in [0.15, 0.2) is 42.5 Å². The molecule has 0 bridgehead atoms. The Morgan fingerprint density at radius 2 is 1.86 bits per heavy atom. The Labute approximate surface area is 123 Å². The Bertz CT molecular complexity index is 635. The molecule has 0 saturated heterocycles. The van der Waals surface area contributed by atoms with E-state index in [2.05, 4.69) is 0 Å². The van der Waals surface area contributed by atoms with E-state index in [1.165, 1.54) is 0 Å². The molecule has 0 aliphatic carbocycles. The highest BCUT2D eigenvalue weighted by Crippen LogP contribution is 2.27. The number of hydrogen-bond donors (Lipinski definition) is 3. The fourth-order valence-electron chi connectivity index (χ4n) is 2.32. The van der Waals surface area contributed by atoms with Crippen LogP contribution >= 0.6 is 0 Å². The molecule has 0 aliphatic rings. The SMILES string of the molecule is CCc1cc(O)ccc1-c1ccc(CC(N)C(=O)O)cc1. The van der Waals surface area contributed by atoms with Crippen LogP contribution in [0.3, 0.4) is 0 Å². The van der Waals surface area contributed by atoms with Gasteiger partial charge in [-0.05, 0) is 47.2 Å². The quantitative estimate of drug-likeness (QED) is 0.788. The number of carboxylic acids is 1. The van der Waals surface area contributed by atoms with Crippen LogP contribution in [0.4, 0.5) is 0 Å². The van der Waals surface area contributed by atoms with E-state index in [0.717, 1.165) is 28.7 Å². The highest BCUT2D eigenvalue weighted by molar-refractivity contribution is 5.73. The molecule has 2 aromatic rings. The summed E-state index contributed by atoms with van der Waals surface area (Å²) in [7, 11) is 0. The van der Waals surface area contributed by atoms with Gasteiger partial charge in [-0.1, -0.05) is 37.3 Å². The number of aliphatic carboxylic acids is 1. The molecule has 0 heterocycles. The average molecular weight is 285 g/mol. The summed E-state index contributed by atoms with van der Waals surface area (Å²) < 4.78 is 0. The lowest BCUT2D eigenvalue weighted by atomic mass is 9.96. The number of hydrogen-bond acceptors (Lipinski definition) is 3. The second-order valence-corrected chi connectivity index (χ2v) is 5.04. The maximum atomic E-state index is 10.8. The van der Waals surface area contributed by atoms with E-state index in [9.17, 15) is 9.90 Å². The first kappa shape index (κ1) is 15.1. The van der Waals surface area contributed by atoms with Crippen LogP contribution in [0.2, 0.25) is 0 Å². The van der Waals surface area contributed by atoms with Crippen molar-refractivity contribution in [3.8, 4) is 16.9 Å². The van der Waals surface area contributed by atoms with Crippen molar-refractivity contribution in [2.75, 3.05) is 0 Å². The van der Waals surface area contributed by atoms with Crippen molar-refractivity contribution in [2.45, 2.75) is 25.8 Å². The summed E-state index contributed by atoms with van der Waals surface area (Å²) in [4.78, 5) is 10.8. The van der Waals surface area contributed by atoms with Crippen molar-refractivity contribution < 1.29 is 15.0 Å². The number of benzene rings is 2. The minimum absolute atomic E-state index is 0.264. The van der Waals surface area contributed by atoms with Gasteiger partial charge in [-0.25, -0.2) is 0 Å². The van der Waals surface area contributed by atoms with Crippen molar-refractivity contribution in [3.05, 3.63) is 53.6 Å². The first-order chi connectivity index (χ1) is 10.0. The Balaban J connectivity index is 2.25. The van der Waals surface area contributed by atoms with Crippen LogP contribution in [0.25, 0.3) is 11.1 Å². The van der Waals surface area contributed by atoms with Gasteiger partial charge in [-0.2, -0.15) is 0 Å². The van der Waals surface area contributed by atoms with Crippen LogP contribution in [-0.2, 0) is 17.6 Å². The number of aromatic hydroxyl groups is 1. The predicted octanol–water partition coefficient (Wildman–Crippen LogP) is 2.58. The molecule has 0 fully saturated rings. The molecule has 110 valence electrons. The van der Waals surface area contributed by atoms with Crippen LogP contribution < -0.4 is 5.73 Å². The lowest BCUT2D eigenvalue weighted by Gasteiger charge is -2.11. The predicted molar refractivity (Wildman–Crippen MR) is 82.2 cm³/mol. The Morgan fingerprint density at radius 3 is 2.43 bits per heavy atom. The van der Waals surface area contributed by atoms with Crippen LogP contribution in [0.5, 0.6) is 5.75 Å². The van der Waals surface area contributed by atoms with Crippen molar-refractivity contribution in [1.82, 2.24) is 0 Å². The number of phenolic OH excluding ortho intramolecular Hbond substituents is 1. The number of phenols is 1. The lowest BCUT2D eigenvalue weighted by molar-refractivity contribution is -0.138. The minimum Gasteiger partial charge on any atom is -0.508 e. The number of aryl methyl sites for hydroxylation is 1. The van der Waals surface area contributed by atoms with Gasteiger partial charge >= 0.3 is 5.97 Å². The molecule has 0 aromatic heterocycles. The molecule has 4 nitrogen and oxygen atoms in total. The van der Waals surface area contributed by atoms with Crippen molar-refractivity contribution in [1.29, 1.82) is 0 Å². The summed E-state index contributed by atoms with van der Waals surface area (Å²) in [5, 5.41) is 18.4. The van der Waals surface area contributed by atoms with Gasteiger partial charge in [-0.15, -0.1) is 0 Å². The van der Waals surface area contributed by atoms with Gasteiger partial charge in [0.05, 0.1) is 0 Å². The summed E-state index contributed by atoms with van der Waals surface area (Å²) in [5.74, 6) is -0.731. The number of carboxylic acid groups (broad SMARTS) is 1. The van der Waals surface area contributed by atoms with Gasteiger partial charge in [0, 0.05) is 0 Å². The molecule has 0 saturated carbocycles. The minimum atomic E-state index is -0.995. The molecular formula is C17H19NO3. The Kier molecular flexibility index (Phi) is 4.60. The second kappa shape index (κ2) is 6.41. The fraction of sp³-hybridized carbons (Fsp3) is 0.235. The van der Waals surface area contributed by atoms with Gasteiger partial charge in [0.2, 0.25) is 0 Å². The highest BCUT2D eigenvalue weighted by atomic mass is 16.4. The molecule has 4 heteroatoms. The van der Waals surface area contributed by atoms with Gasteiger partial charge in [0.25, 0.3) is 0 Å². The molecule has 0 amide bonds. The second-order valence-electron chi connectivity index (χ2n) is 5.04. The summed E-state index contributed by atoms with van der Waals surface area (Å²) in [6, 6.07) is 12.1. The number of carbonyl (C=O) groups is 1. The van der Waals surface area contributed by atoms with Crippen LogP contribution in [0.1, 0.15) is 18.1 Å². The molecular weight excluding hydrogens is 266 g/mol. The normalized spacial score (nSPS) is 12.1. The average Bonchev–Trinajstić information content (AvgIpc) is 2.48. The molecule has 2 rings (SSSR count). The van der Waals surface area contributed by atoms with Crippen molar-refractivity contribution in [3.63, 3.8) is 0 Å². The van der Waals surface area contributed by atoms with E-state index in [1.54, 1.807) is 12.1 Å². The standard InChI is InChI=1S/C17H19NO3/c1-2-12-10-14(19)7-8-15(12)13-5-3-11(4-6-13)9-16(18)17(20)21/h3-8,10,16,19H,2,9,18H2,1H3,(H,20,21). The van der Waals surface area contributed by atoms with Gasteiger partial charge < -0.3 is 15.9 Å². The van der Waals surface area contributed by atoms with E-state index in [1.807, 2.05) is 37.3 Å². The molecule has 4 N–H and O–H groups in total. The zero-order valence-electron chi connectivity index (χ0n) is 11.9. The molecule has 0 aliphatic heterocycles. The largest absolute Gasteiger partial charge is 0.508 e.